The summed E-state index contributed by atoms with van der Waals surface area (Å²) in [6.07, 6.45) is 1.43. The lowest BCUT2D eigenvalue weighted by Crippen LogP contribution is -2.09. The van der Waals surface area contributed by atoms with Crippen molar-refractivity contribution in [2.24, 2.45) is 0 Å². The van der Waals surface area contributed by atoms with Gasteiger partial charge in [-0.05, 0) is 25.1 Å². The Balaban J connectivity index is 2.27. The smallest absolute Gasteiger partial charge is 0.208 e. The molecule has 0 aliphatic heterocycles. The number of nitrogens with zero attached hydrogens (tertiary/aromatic N) is 1. The molecule has 4 heteroatoms. The zero-order valence-electron chi connectivity index (χ0n) is 13.8. The van der Waals surface area contributed by atoms with Crippen molar-refractivity contribution in [2.45, 2.75) is 33.1 Å². The first-order chi connectivity index (χ1) is 10.8. The molecule has 0 fully saturated rings. The third kappa shape index (κ3) is 3.89. The number of Topliss-reactive ketones (excluding diaryl/α,β-unsaturated/α-hetero) is 1. The van der Waals surface area contributed by atoms with Gasteiger partial charge in [-0.15, -0.1) is 0 Å². The molecule has 118 valence electrons. The fraction of sp³-hybridized carbons (Fsp3) is 0.263. The van der Waals surface area contributed by atoms with Crippen molar-refractivity contribution in [3.63, 3.8) is 0 Å². The van der Waals surface area contributed by atoms with E-state index < -0.39 is 0 Å². The number of benzene rings is 1. The van der Waals surface area contributed by atoms with Crippen LogP contribution in [0.3, 0.4) is 0 Å². The van der Waals surface area contributed by atoms with Gasteiger partial charge in [-0.2, -0.15) is 5.26 Å². The average molecular weight is 308 g/mol. The molecule has 0 radical (unpaired) electrons. The highest BCUT2D eigenvalue weighted by Gasteiger charge is 2.24. The molecule has 4 nitrogen and oxygen atoms in total. The lowest BCUT2D eigenvalue weighted by molar-refractivity contribution is 0.103. The van der Waals surface area contributed by atoms with Crippen molar-refractivity contribution < 1.29 is 9.21 Å². The Hall–Kier alpha value is -2.80. The average Bonchev–Trinajstić information content (AvgIpc) is 2.91. The molecule has 23 heavy (non-hydrogen) atoms. The Morgan fingerprint density at radius 3 is 2.43 bits per heavy atom. The summed E-state index contributed by atoms with van der Waals surface area (Å²) in [5.74, 6) is 0.917. The van der Waals surface area contributed by atoms with E-state index in [0.717, 1.165) is 11.4 Å². The predicted molar refractivity (Wildman–Crippen MR) is 90.2 cm³/mol. The number of nitrogens with one attached hydrogen (secondary N) is 1. The van der Waals surface area contributed by atoms with Gasteiger partial charge < -0.3 is 9.73 Å². The van der Waals surface area contributed by atoms with Crippen molar-refractivity contribution in [1.29, 1.82) is 5.26 Å². The van der Waals surface area contributed by atoms with Crippen LogP contribution in [0.15, 0.2) is 52.6 Å². The Kier molecular flexibility index (Phi) is 4.71. The summed E-state index contributed by atoms with van der Waals surface area (Å²) in [5.41, 5.74) is 1.09. The molecule has 2 rings (SSSR count). The van der Waals surface area contributed by atoms with Crippen LogP contribution in [-0.4, -0.2) is 5.78 Å². The topological polar surface area (TPSA) is 66.0 Å². The molecule has 0 saturated carbocycles. The van der Waals surface area contributed by atoms with Gasteiger partial charge in [-0.1, -0.05) is 39.0 Å². The second-order valence-corrected chi connectivity index (χ2v) is 6.34. The molecule has 1 aromatic carbocycles. The van der Waals surface area contributed by atoms with E-state index in [1.807, 2.05) is 57.2 Å². The van der Waals surface area contributed by atoms with Crippen LogP contribution in [0.1, 0.15) is 42.6 Å². The summed E-state index contributed by atoms with van der Waals surface area (Å²) in [4.78, 5) is 12.6. The molecule has 1 aromatic heterocycles. The molecular weight excluding hydrogens is 288 g/mol. The Bertz CT molecular complexity index is 772. The van der Waals surface area contributed by atoms with Crippen molar-refractivity contribution in [2.75, 3.05) is 5.32 Å². The number of furan rings is 1. The molecular formula is C19H20N2O2. The minimum absolute atomic E-state index is 0.0400. The summed E-state index contributed by atoms with van der Waals surface area (Å²) in [5, 5.41) is 12.3. The summed E-state index contributed by atoms with van der Waals surface area (Å²) < 4.78 is 5.68. The molecule has 0 bridgehead atoms. The van der Waals surface area contributed by atoms with Gasteiger partial charge in [0.05, 0.1) is 5.56 Å². The predicted octanol–water partition coefficient (Wildman–Crippen LogP) is 4.59. The first kappa shape index (κ1) is 16.6. The van der Waals surface area contributed by atoms with Gasteiger partial charge >= 0.3 is 0 Å². The molecule has 0 unspecified atom stereocenters. The Labute approximate surface area is 136 Å². The van der Waals surface area contributed by atoms with Gasteiger partial charge in [0.2, 0.25) is 5.78 Å². The number of carbonyl (C=O) groups excluding carboxylic acids is 1. The number of aryl methyl sites for hydroxylation is 1. The highest BCUT2D eigenvalue weighted by Crippen LogP contribution is 2.28. The minimum atomic E-state index is -0.340. The number of ketones is 1. The normalized spacial score (nSPS) is 11.9. The lowest BCUT2D eigenvalue weighted by atomic mass is 9.92. The van der Waals surface area contributed by atoms with Crippen molar-refractivity contribution in [3.8, 4) is 6.07 Å². The second kappa shape index (κ2) is 6.53. The number of carbonyl (C=O) groups is 1. The van der Waals surface area contributed by atoms with E-state index in [1.54, 1.807) is 13.0 Å². The highest BCUT2D eigenvalue weighted by molar-refractivity contribution is 6.12. The third-order valence-electron chi connectivity index (χ3n) is 3.42. The number of rotatable bonds is 4. The van der Waals surface area contributed by atoms with E-state index in [2.05, 4.69) is 5.32 Å². The highest BCUT2D eigenvalue weighted by atomic mass is 16.3. The molecule has 0 saturated heterocycles. The summed E-state index contributed by atoms with van der Waals surface area (Å²) in [7, 11) is 0. The second-order valence-electron chi connectivity index (χ2n) is 6.34. The Morgan fingerprint density at radius 2 is 1.91 bits per heavy atom. The zero-order chi connectivity index (χ0) is 17.0. The van der Waals surface area contributed by atoms with Crippen LogP contribution < -0.4 is 5.32 Å². The van der Waals surface area contributed by atoms with Crippen LogP contribution >= 0.6 is 0 Å². The minimum Gasteiger partial charge on any atom is -0.465 e. The van der Waals surface area contributed by atoms with E-state index in [0.29, 0.717) is 11.3 Å². The molecule has 1 heterocycles. The third-order valence-corrected chi connectivity index (χ3v) is 3.42. The lowest BCUT2D eigenvalue weighted by Gasteiger charge is -2.13. The van der Waals surface area contributed by atoms with Gasteiger partial charge in [0.15, 0.2) is 0 Å². The van der Waals surface area contributed by atoms with Gasteiger partial charge in [0.1, 0.15) is 23.2 Å². The van der Waals surface area contributed by atoms with E-state index in [9.17, 15) is 10.1 Å². The standard InChI is InChI=1S/C19H20N2O2/c1-13-16(10-17(23-13)19(2,3)4)18(22)14(11-20)12-21-15-8-6-5-7-9-15/h5-10,12,21H,1-4H3/b14-12-. The first-order valence-electron chi connectivity index (χ1n) is 7.40. The van der Waals surface area contributed by atoms with E-state index in [4.69, 9.17) is 4.42 Å². The number of allylic oxidation sites excluding steroid dienone is 1. The molecule has 0 spiro atoms. The van der Waals surface area contributed by atoms with Gasteiger partial charge in [-0.25, -0.2) is 0 Å². The maximum atomic E-state index is 12.6. The van der Waals surface area contributed by atoms with Crippen LogP contribution in [0.5, 0.6) is 0 Å². The molecule has 0 aliphatic carbocycles. The Morgan fingerprint density at radius 1 is 1.26 bits per heavy atom. The van der Waals surface area contributed by atoms with Crippen molar-refractivity contribution >= 4 is 11.5 Å². The molecule has 0 aliphatic rings. The van der Waals surface area contributed by atoms with Crippen LogP contribution in [-0.2, 0) is 5.41 Å². The first-order valence-corrected chi connectivity index (χ1v) is 7.40. The van der Waals surface area contributed by atoms with E-state index >= 15 is 0 Å². The van der Waals surface area contributed by atoms with Crippen molar-refractivity contribution in [1.82, 2.24) is 0 Å². The number of anilines is 1. The summed E-state index contributed by atoms with van der Waals surface area (Å²) >= 11 is 0. The summed E-state index contributed by atoms with van der Waals surface area (Å²) in [6, 6.07) is 13.0. The largest absolute Gasteiger partial charge is 0.465 e. The quantitative estimate of drug-likeness (QED) is 0.510. The molecule has 0 atom stereocenters. The van der Waals surface area contributed by atoms with E-state index in [-0.39, 0.29) is 16.8 Å². The fourth-order valence-corrected chi connectivity index (χ4v) is 2.06. The zero-order valence-corrected chi connectivity index (χ0v) is 13.8. The molecule has 1 N–H and O–H groups in total. The van der Waals surface area contributed by atoms with Gasteiger partial charge in [0, 0.05) is 17.3 Å². The van der Waals surface area contributed by atoms with Crippen LogP contribution in [0.4, 0.5) is 5.69 Å². The monoisotopic (exact) mass is 308 g/mol. The van der Waals surface area contributed by atoms with Crippen LogP contribution in [0.2, 0.25) is 0 Å². The number of hydrogen-bond donors (Lipinski definition) is 1. The van der Waals surface area contributed by atoms with Crippen LogP contribution in [0.25, 0.3) is 0 Å². The fourth-order valence-electron chi connectivity index (χ4n) is 2.06. The molecule has 0 amide bonds. The van der Waals surface area contributed by atoms with Gasteiger partial charge in [0.25, 0.3) is 0 Å². The molecule has 2 aromatic rings. The number of hydrogen-bond acceptors (Lipinski definition) is 4. The van der Waals surface area contributed by atoms with Crippen molar-refractivity contribution in [3.05, 3.63) is 65.3 Å². The van der Waals surface area contributed by atoms with E-state index in [1.165, 1.54) is 6.20 Å². The number of para-hydroxylation sites is 1. The SMILES string of the molecule is Cc1oc(C(C)(C)C)cc1C(=O)/C(C#N)=C\Nc1ccccc1. The maximum absolute atomic E-state index is 12.6. The number of nitriles is 1. The maximum Gasteiger partial charge on any atom is 0.208 e. The van der Waals surface area contributed by atoms with Gasteiger partial charge in [-0.3, -0.25) is 4.79 Å². The van der Waals surface area contributed by atoms with Crippen LogP contribution in [0, 0.1) is 18.3 Å². The summed E-state index contributed by atoms with van der Waals surface area (Å²) in [6.45, 7) is 7.77.